The molecule has 1 atom stereocenters. The summed E-state index contributed by atoms with van der Waals surface area (Å²) >= 11 is 0. The van der Waals surface area contributed by atoms with Crippen molar-refractivity contribution in [1.29, 1.82) is 0 Å². The molecule has 112 valence electrons. The summed E-state index contributed by atoms with van der Waals surface area (Å²) in [4.78, 5) is 0. The van der Waals surface area contributed by atoms with Gasteiger partial charge in [-0.05, 0) is 36.6 Å². The summed E-state index contributed by atoms with van der Waals surface area (Å²) in [6.45, 7) is 3.08. The Morgan fingerprint density at radius 3 is 2.29 bits per heavy atom. The first-order valence-corrected chi connectivity index (χ1v) is 7.21. The highest BCUT2D eigenvalue weighted by atomic mass is 16.5. The third-order valence-corrected chi connectivity index (χ3v) is 3.49. The fourth-order valence-corrected chi connectivity index (χ4v) is 2.32. The normalized spacial score (nSPS) is 12.0. The molecule has 2 aromatic carbocycles. The number of ether oxygens (including phenoxy) is 2. The fraction of sp³-hybridized carbons (Fsp3) is 0.333. The second-order valence-corrected chi connectivity index (χ2v) is 5.16. The molecule has 0 heterocycles. The first-order chi connectivity index (χ1) is 10.2. The maximum atomic E-state index is 5.34. The van der Waals surface area contributed by atoms with Gasteiger partial charge in [-0.3, -0.25) is 0 Å². The van der Waals surface area contributed by atoms with Gasteiger partial charge in [0.05, 0.1) is 14.2 Å². The molecular weight excluding hydrogens is 262 g/mol. The van der Waals surface area contributed by atoms with Crippen molar-refractivity contribution in [2.45, 2.75) is 25.9 Å². The van der Waals surface area contributed by atoms with Gasteiger partial charge in [0, 0.05) is 12.6 Å². The van der Waals surface area contributed by atoms with E-state index in [0.29, 0.717) is 6.04 Å². The van der Waals surface area contributed by atoms with Crippen LogP contribution < -0.4 is 14.8 Å². The Morgan fingerprint density at radius 2 is 1.62 bits per heavy atom. The molecule has 0 amide bonds. The molecule has 0 bridgehead atoms. The number of hydrogen-bond donors (Lipinski definition) is 1. The Bertz CT molecular complexity index is 554. The zero-order valence-electron chi connectivity index (χ0n) is 12.9. The molecule has 3 heteroatoms. The highest BCUT2D eigenvalue weighted by Crippen LogP contribution is 2.27. The second-order valence-electron chi connectivity index (χ2n) is 5.16. The van der Waals surface area contributed by atoms with E-state index in [1.54, 1.807) is 14.2 Å². The van der Waals surface area contributed by atoms with Crippen LogP contribution in [0.5, 0.6) is 11.5 Å². The third kappa shape index (κ3) is 4.50. The molecule has 0 aliphatic heterocycles. The molecule has 0 fully saturated rings. The van der Waals surface area contributed by atoms with Crippen molar-refractivity contribution in [3.05, 3.63) is 59.7 Å². The zero-order valence-corrected chi connectivity index (χ0v) is 12.9. The van der Waals surface area contributed by atoms with Gasteiger partial charge in [-0.1, -0.05) is 36.4 Å². The van der Waals surface area contributed by atoms with E-state index in [-0.39, 0.29) is 0 Å². The maximum Gasteiger partial charge on any atom is 0.160 e. The summed E-state index contributed by atoms with van der Waals surface area (Å²) in [5, 5.41) is 3.54. The van der Waals surface area contributed by atoms with Crippen LogP contribution >= 0.6 is 0 Å². The predicted octanol–water partition coefficient (Wildman–Crippen LogP) is 3.42. The number of rotatable bonds is 7. The first-order valence-electron chi connectivity index (χ1n) is 7.21. The molecule has 3 nitrogen and oxygen atoms in total. The molecule has 0 saturated carbocycles. The highest BCUT2D eigenvalue weighted by molar-refractivity contribution is 5.43. The van der Waals surface area contributed by atoms with Gasteiger partial charge in [0.2, 0.25) is 0 Å². The molecule has 2 aromatic rings. The van der Waals surface area contributed by atoms with Gasteiger partial charge in [0.25, 0.3) is 0 Å². The molecular formula is C18H23NO2. The van der Waals surface area contributed by atoms with Crippen LogP contribution in [0.3, 0.4) is 0 Å². The molecule has 0 radical (unpaired) electrons. The van der Waals surface area contributed by atoms with Gasteiger partial charge in [0.1, 0.15) is 0 Å². The minimum Gasteiger partial charge on any atom is -0.493 e. The Kier molecular flexibility index (Phi) is 5.64. The van der Waals surface area contributed by atoms with Crippen LogP contribution in [0.15, 0.2) is 48.5 Å². The van der Waals surface area contributed by atoms with Crippen LogP contribution in [-0.4, -0.2) is 20.3 Å². The maximum absolute atomic E-state index is 5.34. The number of nitrogens with one attached hydrogen (secondary N) is 1. The van der Waals surface area contributed by atoms with Gasteiger partial charge < -0.3 is 14.8 Å². The summed E-state index contributed by atoms with van der Waals surface area (Å²) in [6.07, 6.45) is 0.952. The van der Waals surface area contributed by atoms with Crippen molar-refractivity contribution in [3.8, 4) is 11.5 Å². The van der Waals surface area contributed by atoms with E-state index in [1.165, 1.54) is 11.1 Å². The topological polar surface area (TPSA) is 30.5 Å². The summed E-state index contributed by atoms with van der Waals surface area (Å²) in [5.41, 5.74) is 2.54. The quantitative estimate of drug-likeness (QED) is 0.845. The van der Waals surface area contributed by atoms with E-state index in [1.807, 2.05) is 18.2 Å². The molecule has 0 aromatic heterocycles. The van der Waals surface area contributed by atoms with E-state index >= 15 is 0 Å². The fourth-order valence-electron chi connectivity index (χ4n) is 2.32. The Morgan fingerprint density at radius 1 is 0.905 bits per heavy atom. The monoisotopic (exact) mass is 285 g/mol. The number of methoxy groups -OCH3 is 2. The van der Waals surface area contributed by atoms with Crippen LogP contribution in [0.4, 0.5) is 0 Å². The van der Waals surface area contributed by atoms with Crippen LogP contribution in [0, 0.1) is 0 Å². The van der Waals surface area contributed by atoms with Gasteiger partial charge in [-0.2, -0.15) is 0 Å². The Balaban J connectivity index is 1.91. The lowest BCUT2D eigenvalue weighted by atomic mass is 10.1. The largest absolute Gasteiger partial charge is 0.493 e. The van der Waals surface area contributed by atoms with Crippen molar-refractivity contribution in [1.82, 2.24) is 5.32 Å². The van der Waals surface area contributed by atoms with Gasteiger partial charge in [0.15, 0.2) is 11.5 Å². The van der Waals surface area contributed by atoms with Crippen LogP contribution in [0.2, 0.25) is 0 Å². The van der Waals surface area contributed by atoms with E-state index in [9.17, 15) is 0 Å². The van der Waals surface area contributed by atoms with Gasteiger partial charge in [-0.15, -0.1) is 0 Å². The SMILES string of the molecule is COc1ccc(CC(C)NCc2ccccc2)cc1OC. The molecule has 0 spiro atoms. The molecule has 0 saturated heterocycles. The Labute approximate surface area is 126 Å². The van der Waals surface area contributed by atoms with Crippen LogP contribution in [0.25, 0.3) is 0 Å². The lowest BCUT2D eigenvalue weighted by Gasteiger charge is -2.15. The standard InChI is InChI=1S/C18H23NO2/c1-14(19-13-15-7-5-4-6-8-15)11-16-9-10-17(20-2)18(12-16)21-3/h4-10,12,14,19H,11,13H2,1-3H3. The summed E-state index contributed by atoms with van der Waals surface area (Å²) in [7, 11) is 3.32. The van der Waals surface area contributed by atoms with Crippen molar-refractivity contribution < 1.29 is 9.47 Å². The molecule has 2 rings (SSSR count). The van der Waals surface area contributed by atoms with Crippen LogP contribution in [-0.2, 0) is 13.0 Å². The average molecular weight is 285 g/mol. The smallest absolute Gasteiger partial charge is 0.160 e. The molecule has 1 N–H and O–H groups in total. The summed E-state index contributed by atoms with van der Waals surface area (Å²) in [5.74, 6) is 1.55. The zero-order chi connectivity index (χ0) is 15.1. The second kappa shape index (κ2) is 7.70. The van der Waals surface area contributed by atoms with Gasteiger partial charge >= 0.3 is 0 Å². The average Bonchev–Trinajstić information content (AvgIpc) is 2.53. The Hall–Kier alpha value is -2.00. The number of benzene rings is 2. The lowest BCUT2D eigenvalue weighted by Crippen LogP contribution is -2.27. The van der Waals surface area contributed by atoms with Crippen molar-refractivity contribution in [2.75, 3.05) is 14.2 Å². The summed E-state index contributed by atoms with van der Waals surface area (Å²) in [6, 6.07) is 16.9. The molecule has 0 aliphatic carbocycles. The third-order valence-electron chi connectivity index (χ3n) is 3.49. The van der Waals surface area contributed by atoms with E-state index in [4.69, 9.17) is 9.47 Å². The lowest BCUT2D eigenvalue weighted by molar-refractivity contribution is 0.354. The van der Waals surface area contributed by atoms with Crippen molar-refractivity contribution >= 4 is 0 Å². The minimum atomic E-state index is 0.392. The molecule has 0 aliphatic rings. The highest BCUT2D eigenvalue weighted by Gasteiger charge is 2.08. The van der Waals surface area contributed by atoms with Crippen LogP contribution in [0.1, 0.15) is 18.1 Å². The summed E-state index contributed by atoms with van der Waals surface area (Å²) < 4.78 is 10.6. The van der Waals surface area contributed by atoms with Gasteiger partial charge in [-0.25, -0.2) is 0 Å². The first kappa shape index (κ1) is 15.4. The van der Waals surface area contributed by atoms with Crippen molar-refractivity contribution in [3.63, 3.8) is 0 Å². The predicted molar refractivity (Wildman–Crippen MR) is 86.0 cm³/mol. The van der Waals surface area contributed by atoms with E-state index in [0.717, 1.165) is 24.5 Å². The molecule has 21 heavy (non-hydrogen) atoms. The molecule has 1 unspecified atom stereocenters. The van der Waals surface area contributed by atoms with E-state index in [2.05, 4.69) is 42.6 Å². The van der Waals surface area contributed by atoms with Crippen molar-refractivity contribution in [2.24, 2.45) is 0 Å². The minimum absolute atomic E-state index is 0.392. The number of hydrogen-bond acceptors (Lipinski definition) is 3. The van der Waals surface area contributed by atoms with E-state index < -0.39 is 0 Å².